The summed E-state index contributed by atoms with van der Waals surface area (Å²) in [7, 11) is 0. The molecule has 0 radical (unpaired) electrons. The Morgan fingerprint density at radius 2 is 1.72 bits per heavy atom. The number of carbonyl (C=O) groups excluding carboxylic acids is 1. The van der Waals surface area contributed by atoms with Gasteiger partial charge in [-0.1, -0.05) is 41.4 Å². The minimum absolute atomic E-state index is 0.0550. The Balaban J connectivity index is 1.25. The van der Waals surface area contributed by atoms with E-state index < -0.39 is 0 Å². The van der Waals surface area contributed by atoms with E-state index >= 15 is 0 Å². The van der Waals surface area contributed by atoms with Crippen molar-refractivity contribution in [3.05, 3.63) is 87.7 Å². The molecule has 1 saturated heterocycles. The van der Waals surface area contributed by atoms with Gasteiger partial charge in [-0.25, -0.2) is 9.67 Å². The van der Waals surface area contributed by atoms with Gasteiger partial charge in [-0.05, 0) is 88.5 Å². The third-order valence-electron chi connectivity index (χ3n) is 7.04. The zero-order valence-electron chi connectivity index (χ0n) is 21.1. The molecule has 1 amide bonds. The van der Waals surface area contributed by atoms with Gasteiger partial charge in [-0.15, -0.1) is 0 Å². The first kappa shape index (κ1) is 24.5. The number of benzene rings is 2. The van der Waals surface area contributed by atoms with Crippen LogP contribution in [0.4, 0.5) is 0 Å². The molecule has 1 aliphatic rings. The Kier molecular flexibility index (Phi) is 7.08. The van der Waals surface area contributed by atoms with Crippen molar-refractivity contribution in [2.24, 2.45) is 5.92 Å². The number of aryl methyl sites for hydroxylation is 3. The lowest BCUT2D eigenvalue weighted by Crippen LogP contribution is -2.38. The molecule has 7 heteroatoms. The number of pyridine rings is 1. The molecule has 5 rings (SSSR count). The fourth-order valence-corrected chi connectivity index (χ4v) is 5.11. The van der Waals surface area contributed by atoms with Crippen LogP contribution in [-0.4, -0.2) is 45.2 Å². The average molecular weight is 502 g/mol. The maximum absolute atomic E-state index is 13.3. The van der Waals surface area contributed by atoms with Crippen LogP contribution in [0.3, 0.4) is 0 Å². The summed E-state index contributed by atoms with van der Waals surface area (Å²) >= 11 is 6.01. The Bertz CT molecular complexity index is 1370. The van der Waals surface area contributed by atoms with Gasteiger partial charge in [0.2, 0.25) is 0 Å². The van der Waals surface area contributed by atoms with Crippen LogP contribution >= 0.6 is 11.6 Å². The van der Waals surface area contributed by atoms with Crippen molar-refractivity contribution in [3.63, 3.8) is 0 Å². The van der Waals surface area contributed by atoms with E-state index in [2.05, 4.69) is 41.4 Å². The summed E-state index contributed by atoms with van der Waals surface area (Å²) in [5.41, 5.74) is 6.38. The van der Waals surface area contributed by atoms with Crippen molar-refractivity contribution in [3.8, 4) is 5.69 Å². The lowest BCUT2D eigenvalue weighted by Gasteiger charge is -2.32. The van der Waals surface area contributed by atoms with E-state index in [0.29, 0.717) is 18.0 Å². The fourth-order valence-electron chi connectivity index (χ4n) is 4.99. The lowest BCUT2D eigenvalue weighted by molar-refractivity contribution is 0.0936. The minimum atomic E-state index is -0.0550. The third kappa shape index (κ3) is 5.30. The molecule has 1 fully saturated rings. The van der Waals surface area contributed by atoms with E-state index in [4.69, 9.17) is 21.7 Å². The van der Waals surface area contributed by atoms with Crippen LogP contribution in [0.25, 0.3) is 16.7 Å². The zero-order chi connectivity index (χ0) is 25.2. The highest BCUT2D eigenvalue weighted by molar-refractivity contribution is 6.30. The van der Waals surface area contributed by atoms with Gasteiger partial charge in [0.1, 0.15) is 0 Å². The van der Waals surface area contributed by atoms with Gasteiger partial charge in [-0.2, -0.15) is 5.10 Å². The van der Waals surface area contributed by atoms with Crippen molar-refractivity contribution < 1.29 is 4.79 Å². The number of hydrogen-bond donors (Lipinski definition) is 1. The number of nitrogens with one attached hydrogen (secondary N) is 1. The number of halogens is 1. The number of carbonyl (C=O) groups is 1. The molecule has 6 nitrogen and oxygen atoms in total. The number of amides is 1. The molecule has 1 N–H and O–H groups in total. The maximum Gasteiger partial charge on any atom is 0.252 e. The molecule has 2 aromatic heterocycles. The molecule has 0 bridgehead atoms. The fraction of sp³-hybridized carbons (Fsp3) is 0.345. The number of fused-ring (bicyclic) bond motifs is 1. The molecule has 0 saturated carbocycles. The minimum Gasteiger partial charge on any atom is -0.352 e. The second-order valence-electron chi connectivity index (χ2n) is 9.90. The molecular weight excluding hydrogens is 470 g/mol. The molecule has 2 aromatic carbocycles. The molecule has 36 heavy (non-hydrogen) atoms. The standard InChI is InChI=1S/C29H32ClN5O/c1-19-4-10-25(11-5-19)35-28-27(21(3)33-35)26(16-20(2)32-28)29(36)31-17-22-12-14-34(15-13-22)18-23-6-8-24(30)9-7-23/h4-11,16,22H,12-15,17-18H2,1-3H3,(H,31,36). The average Bonchev–Trinajstić information content (AvgIpc) is 3.20. The normalized spacial score (nSPS) is 14.9. The second-order valence-corrected chi connectivity index (χ2v) is 10.3. The van der Waals surface area contributed by atoms with Crippen LogP contribution < -0.4 is 5.32 Å². The largest absolute Gasteiger partial charge is 0.352 e. The molecule has 186 valence electrons. The number of piperidine rings is 1. The Labute approximate surface area is 217 Å². The highest BCUT2D eigenvalue weighted by Gasteiger charge is 2.23. The quantitative estimate of drug-likeness (QED) is 0.371. The van der Waals surface area contributed by atoms with E-state index in [0.717, 1.165) is 65.6 Å². The first-order chi connectivity index (χ1) is 17.4. The van der Waals surface area contributed by atoms with E-state index in [9.17, 15) is 4.79 Å². The van der Waals surface area contributed by atoms with E-state index in [-0.39, 0.29) is 5.91 Å². The van der Waals surface area contributed by atoms with Crippen molar-refractivity contribution >= 4 is 28.5 Å². The van der Waals surface area contributed by atoms with Gasteiger partial charge in [0.05, 0.1) is 22.3 Å². The monoisotopic (exact) mass is 501 g/mol. The molecule has 3 heterocycles. The highest BCUT2D eigenvalue weighted by Crippen LogP contribution is 2.26. The number of aromatic nitrogens is 3. The van der Waals surface area contributed by atoms with Crippen molar-refractivity contribution in [2.45, 2.75) is 40.2 Å². The Hall–Kier alpha value is -3.22. The number of hydrogen-bond acceptors (Lipinski definition) is 4. The first-order valence-corrected chi connectivity index (χ1v) is 12.9. The first-order valence-electron chi connectivity index (χ1n) is 12.6. The van der Waals surface area contributed by atoms with Crippen LogP contribution in [-0.2, 0) is 6.54 Å². The SMILES string of the molecule is Cc1ccc(-n2nc(C)c3c(C(=O)NCC4CCN(Cc5ccc(Cl)cc5)CC4)cc(C)nc32)cc1. The van der Waals surface area contributed by atoms with Crippen LogP contribution in [0.2, 0.25) is 5.02 Å². The molecule has 0 spiro atoms. The second kappa shape index (κ2) is 10.4. The predicted octanol–water partition coefficient (Wildman–Crippen LogP) is 5.64. The van der Waals surface area contributed by atoms with Crippen molar-refractivity contribution in [1.29, 1.82) is 0 Å². The van der Waals surface area contributed by atoms with Crippen LogP contribution in [0.5, 0.6) is 0 Å². The van der Waals surface area contributed by atoms with Gasteiger partial charge in [0, 0.05) is 23.8 Å². The molecule has 1 aliphatic heterocycles. The highest BCUT2D eigenvalue weighted by atomic mass is 35.5. The molecule has 4 aromatic rings. The molecule has 0 unspecified atom stereocenters. The van der Waals surface area contributed by atoms with Crippen LogP contribution in [0, 0.1) is 26.7 Å². The topological polar surface area (TPSA) is 63.1 Å². The van der Waals surface area contributed by atoms with E-state index in [1.54, 1.807) is 0 Å². The molecule has 0 aliphatic carbocycles. The predicted molar refractivity (Wildman–Crippen MR) is 145 cm³/mol. The summed E-state index contributed by atoms with van der Waals surface area (Å²) in [5, 5.41) is 9.53. The summed E-state index contributed by atoms with van der Waals surface area (Å²) < 4.78 is 1.84. The van der Waals surface area contributed by atoms with Gasteiger partial charge < -0.3 is 5.32 Å². The Morgan fingerprint density at radius 3 is 2.42 bits per heavy atom. The third-order valence-corrected chi connectivity index (χ3v) is 7.29. The van der Waals surface area contributed by atoms with Gasteiger partial charge in [0.25, 0.3) is 5.91 Å². The summed E-state index contributed by atoms with van der Waals surface area (Å²) in [4.78, 5) is 20.5. The number of rotatable bonds is 6. The summed E-state index contributed by atoms with van der Waals surface area (Å²) in [5.74, 6) is 0.422. The summed E-state index contributed by atoms with van der Waals surface area (Å²) in [6, 6.07) is 18.1. The van der Waals surface area contributed by atoms with E-state index in [1.807, 2.05) is 48.9 Å². The molecule has 0 atom stereocenters. The van der Waals surface area contributed by atoms with Gasteiger partial charge in [-0.3, -0.25) is 9.69 Å². The smallest absolute Gasteiger partial charge is 0.252 e. The summed E-state index contributed by atoms with van der Waals surface area (Å²) in [6.07, 6.45) is 2.14. The van der Waals surface area contributed by atoms with Crippen LogP contribution in [0.1, 0.15) is 45.7 Å². The number of likely N-dealkylation sites (tertiary alicyclic amines) is 1. The van der Waals surface area contributed by atoms with Gasteiger partial charge in [0.15, 0.2) is 5.65 Å². The number of nitrogens with zero attached hydrogens (tertiary/aromatic N) is 4. The van der Waals surface area contributed by atoms with Gasteiger partial charge >= 0.3 is 0 Å². The Morgan fingerprint density at radius 1 is 1.03 bits per heavy atom. The van der Waals surface area contributed by atoms with E-state index in [1.165, 1.54) is 11.1 Å². The van der Waals surface area contributed by atoms with Crippen molar-refractivity contribution in [2.75, 3.05) is 19.6 Å². The maximum atomic E-state index is 13.3. The van der Waals surface area contributed by atoms with Crippen LogP contribution in [0.15, 0.2) is 54.6 Å². The zero-order valence-corrected chi connectivity index (χ0v) is 21.8. The lowest BCUT2D eigenvalue weighted by atomic mass is 9.96. The summed E-state index contributed by atoms with van der Waals surface area (Å²) in [6.45, 7) is 9.61. The molecular formula is C29H32ClN5O. The van der Waals surface area contributed by atoms with Crippen molar-refractivity contribution in [1.82, 2.24) is 25.0 Å².